The van der Waals surface area contributed by atoms with Gasteiger partial charge in [0.15, 0.2) is 0 Å². The van der Waals surface area contributed by atoms with Crippen molar-refractivity contribution in [2.24, 2.45) is 0 Å². The molecule has 0 heterocycles. The molecule has 0 radical (unpaired) electrons. The molecule has 1 saturated carbocycles. The molecular formula is C19H23NO2. The summed E-state index contributed by atoms with van der Waals surface area (Å²) in [6, 6.07) is 14.3. The Kier molecular flexibility index (Phi) is 4.16. The molecule has 3 nitrogen and oxygen atoms in total. The van der Waals surface area contributed by atoms with Gasteiger partial charge in [-0.15, -0.1) is 0 Å². The Bertz CT molecular complexity index is 674. The minimum Gasteiger partial charge on any atom is -0.394 e. The molecule has 2 aromatic carbocycles. The first kappa shape index (κ1) is 15.0. The second-order valence-corrected chi connectivity index (χ2v) is 6.46. The molecular weight excluding hydrogens is 274 g/mol. The molecule has 3 rings (SSSR count). The van der Waals surface area contributed by atoms with Gasteiger partial charge in [-0.05, 0) is 36.1 Å². The van der Waals surface area contributed by atoms with Gasteiger partial charge in [0.1, 0.15) is 0 Å². The lowest BCUT2D eigenvalue weighted by Crippen LogP contribution is -2.50. The molecule has 116 valence electrons. The molecule has 1 aliphatic carbocycles. The summed E-state index contributed by atoms with van der Waals surface area (Å²) in [6.07, 6.45) is 3.90. The Labute approximate surface area is 131 Å². The van der Waals surface area contributed by atoms with Crippen LogP contribution in [0, 0.1) is 0 Å². The largest absolute Gasteiger partial charge is 0.394 e. The molecule has 1 amide bonds. The highest BCUT2D eigenvalue weighted by atomic mass is 16.3. The van der Waals surface area contributed by atoms with E-state index >= 15 is 0 Å². The van der Waals surface area contributed by atoms with E-state index in [1.54, 1.807) is 0 Å². The van der Waals surface area contributed by atoms with E-state index in [9.17, 15) is 9.90 Å². The maximum Gasteiger partial charge on any atom is 0.227 e. The monoisotopic (exact) mass is 297 g/mol. The van der Waals surface area contributed by atoms with Gasteiger partial charge in [-0.25, -0.2) is 0 Å². The fourth-order valence-electron chi connectivity index (χ4n) is 3.37. The van der Waals surface area contributed by atoms with Crippen molar-refractivity contribution < 1.29 is 9.90 Å². The highest BCUT2D eigenvalue weighted by molar-refractivity contribution is 5.88. The first-order valence-corrected chi connectivity index (χ1v) is 8.05. The second-order valence-electron chi connectivity index (χ2n) is 6.46. The van der Waals surface area contributed by atoms with E-state index in [1.165, 1.54) is 5.39 Å². The fraction of sp³-hybridized carbons (Fsp3) is 0.421. The standard InChI is InChI=1S/C19H23NO2/c1-14(18(22)20-19(13-21)10-4-5-11-19)16-9-8-15-6-2-3-7-17(15)12-16/h2-3,6-9,12,14,21H,4-5,10-11,13H2,1H3,(H,20,22). The van der Waals surface area contributed by atoms with E-state index in [-0.39, 0.29) is 18.4 Å². The molecule has 1 fully saturated rings. The smallest absolute Gasteiger partial charge is 0.227 e. The van der Waals surface area contributed by atoms with Gasteiger partial charge >= 0.3 is 0 Å². The maximum atomic E-state index is 12.6. The zero-order valence-corrected chi connectivity index (χ0v) is 13.0. The number of nitrogens with one attached hydrogen (secondary N) is 1. The lowest BCUT2D eigenvalue weighted by Gasteiger charge is -2.29. The third kappa shape index (κ3) is 2.86. The first-order chi connectivity index (χ1) is 10.6. The van der Waals surface area contributed by atoms with Crippen LogP contribution in [0.15, 0.2) is 42.5 Å². The molecule has 0 aliphatic heterocycles. The lowest BCUT2D eigenvalue weighted by molar-refractivity contribution is -0.124. The molecule has 0 aromatic heterocycles. The van der Waals surface area contributed by atoms with Crippen molar-refractivity contribution in [3.05, 3.63) is 48.0 Å². The van der Waals surface area contributed by atoms with Gasteiger partial charge in [0.25, 0.3) is 0 Å². The average Bonchev–Trinajstić information content (AvgIpc) is 3.02. The number of aliphatic hydroxyl groups is 1. The van der Waals surface area contributed by atoms with E-state index in [4.69, 9.17) is 0 Å². The SMILES string of the molecule is CC(C(=O)NC1(CO)CCCC1)c1ccc2ccccc2c1. The minimum atomic E-state index is -0.401. The molecule has 1 unspecified atom stereocenters. The van der Waals surface area contributed by atoms with Crippen LogP contribution in [0.25, 0.3) is 10.8 Å². The number of hydrogen-bond acceptors (Lipinski definition) is 2. The highest BCUT2D eigenvalue weighted by Gasteiger charge is 2.35. The number of rotatable bonds is 4. The average molecular weight is 297 g/mol. The third-order valence-electron chi connectivity index (χ3n) is 4.92. The van der Waals surface area contributed by atoms with E-state index in [2.05, 4.69) is 29.6 Å². The summed E-state index contributed by atoms with van der Waals surface area (Å²) in [4.78, 5) is 12.6. The van der Waals surface area contributed by atoms with Crippen LogP contribution in [0.4, 0.5) is 0 Å². The number of amides is 1. The molecule has 3 heteroatoms. The molecule has 22 heavy (non-hydrogen) atoms. The maximum absolute atomic E-state index is 12.6. The van der Waals surface area contributed by atoms with E-state index in [1.807, 2.05) is 25.1 Å². The summed E-state index contributed by atoms with van der Waals surface area (Å²) in [7, 11) is 0. The summed E-state index contributed by atoms with van der Waals surface area (Å²) in [5.41, 5.74) is 0.615. The van der Waals surface area contributed by atoms with Gasteiger partial charge < -0.3 is 10.4 Å². The van der Waals surface area contributed by atoms with Gasteiger partial charge in [-0.3, -0.25) is 4.79 Å². The molecule has 2 N–H and O–H groups in total. The number of carbonyl (C=O) groups is 1. The number of fused-ring (bicyclic) bond motifs is 1. The fourth-order valence-corrected chi connectivity index (χ4v) is 3.37. The first-order valence-electron chi connectivity index (χ1n) is 8.05. The van der Waals surface area contributed by atoms with Gasteiger partial charge in [0.2, 0.25) is 5.91 Å². The zero-order valence-electron chi connectivity index (χ0n) is 13.0. The Morgan fingerprint density at radius 3 is 2.55 bits per heavy atom. The van der Waals surface area contributed by atoms with Crippen LogP contribution in [0.5, 0.6) is 0 Å². The third-order valence-corrected chi connectivity index (χ3v) is 4.92. The number of carbonyl (C=O) groups excluding carboxylic acids is 1. The van der Waals surface area contributed by atoms with E-state index < -0.39 is 5.54 Å². The molecule has 1 aliphatic rings. The van der Waals surface area contributed by atoms with Crippen molar-refractivity contribution >= 4 is 16.7 Å². The summed E-state index contributed by atoms with van der Waals surface area (Å²) in [5, 5.41) is 15.1. The zero-order chi connectivity index (χ0) is 15.6. The van der Waals surface area contributed by atoms with Crippen LogP contribution >= 0.6 is 0 Å². The van der Waals surface area contributed by atoms with Gasteiger partial charge in [-0.1, -0.05) is 55.3 Å². The summed E-state index contributed by atoms with van der Waals surface area (Å²) in [6.45, 7) is 1.96. The molecule has 2 aromatic rings. The van der Waals surface area contributed by atoms with Crippen LogP contribution in [-0.2, 0) is 4.79 Å². The van der Waals surface area contributed by atoms with Crippen LogP contribution < -0.4 is 5.32 Å². The van der Waals surface area contributed by atoms with Crippen molar-refractivity contribution in [3.8, 4) is 0 Å². The number of benzene rings is 2. The summed E-state index contributed by atoms with van der Waals surface area (Å²) < 4.78 is 0. The predicted octanol–water partition coefficient (Wildman–Crippen LogP) is 3.36. The van der Waals surface area contributed by atoms with Crippen LogP contribution in [0.2, 0.25) is 0 Å². The van der Waals surface area contributed by atoms with Crippen LogP contribution in [-0.4, -0.2) is 23.2 Å². The Morgan fingerprint density at radius 2 is 1.86 bits per heavy atom. The Morgan fingerprint density at radius 1 is 1.18 bits per heavy atom. The van der Waals surface area contributed by atoms with Gasteiger partial charge in [0, 0.05) is 0 Å². The van der Waals surface area contributed by atoms with Crippen molar-refractivity contribution in [1.82, 2.24) is 5.32 Å². The van der Waals surface area contributed by atoms with Crippen LogP contribution in [0.1, 0.15) is 44.1 Å². The number of aliphatic hydroxyl groups excluding tert-OH is 1. The molecule has 0 saturated heterocycles. The normalized spacial score (nSPS) is 18.3. The lowest BCUT2D eigenvalue weighted by atomic mass is 9.94. The summed E-state index contributed by atoms with van der Waals surface area (Å²) in [5.74, 6) is -0.208. The van der Waals surface area contributed by atoms with Crippen molar-refractivity contribution in [2.75, 3.05) is 6.61 Å². The topological polar surface area (TPSA) is 49.3 Å². The highest BCUT2D eigenvalue weighted by Crippen LogP contribution is 2.30. The van der Waals surface area contributed by atoms with Crippen LogP contribution in [0.3, 0.4) is 0 Å². The Balaban J connectivity index is 1.79. The van der Waals surface area contributed by atoms with Crippen molar-refractivity contribution in [3.63, 3.8) is 0 Å². The van der Waals surface area contributed by atoms with Crippen molar-refractivity contribution in [2.45, 2.75) is 44.1 Å². The molecule has 1 atom stereocenters. The summed E-state index contributed by atoms with van der Waals surface area (Å²) >= 11 is 0. The van der Waals surface area contributed by atoms with Gasteiger partial charge in [0.05, 0.1) is 18.1 Å². The molecule has 0 spiro atoms. The minimum absolute atomic E-state index is 0.00577. The second kappa shape index (κ2) is 6.09. The van der Waals surface area contributed by atoms with Gasteiger partial charge in [-0.2, -0.15) is 0 Å². The van der Waals surface area contributed by atoms with E-state index in [0.717, 1.165) is 36.6 Å². The quantitative estimate of drug-likeness (QED) is 0.909. The number of hydrogen-bond donors (Lipinski definition) is 2. The molecule has 0 bridgehead atoms. The Hall–Kier alpha value is -1.87. The predicted molar refractivity (Wildman–Crippen MR) is 88.8 cm³/mol. The van der Waals surface area contributed by atoms with Crippen molar-refractivity contribution in [1.29, 1.82) is 0 Å². The van der Waals surface area contributed by atoms with E-state index in [0.29, 0.717) is 0 Å².